The number of fused-ring (bicyclic) bond motifs is 1. The van der Waals surface area contributed by atoms with E-state index in [4.69, 9.17) is 9.47 Å². The van der Waals surface area contributed by atoms with E-state index in [9.17, 15) is 15.0 Å². The number of hydrogen-bond donors (Lipinski definition) is 2. The van der Waals surface area contributed by atoms with Crippen molar-refractivity contribution in [1.29, 1.82) is 0 Å². The highest BCUT2D eigenvalue weighted by molar-refractivity contribution is 14.1. The van der Waals surface area contributed by atoms with Gasteiger partial charge in [-0.15, -0.1) is 0 Å². The molecule has 0 aromatic carbocycles. The average molecular weight is 522 g/mol. The number of aliphatic hydroxyl groups is 2. The van der Waals surface area contributed by atoms with E-state index in [1.54, 1.807) is 0 Å². The Labute approximate surface area is 189 Å². The van der Waals surface area contributed by atoms with E-state index < -0.39 is 6.10 Å². The van der Waals surface area contributed by atoms with E-state index in [1.165, 1.54) is 20.0 Å². The van der Waals surface area contributed by atoms with Gasteiger partial charge in [-0.2, -0.15) is 0 Å². The zero-order chi connectivity index (χ0) is 21.4. The van der Waals surface area contributed by atoms with Gasteiger partial charge in [-0.1, -0.05) is 67.9 Å². The number of aliphatic hydroxyl groups excluding tert-OH is 2. The van der Waals surface area contributed by atoms with Crippen LogP contribution in [0.1, 0.15) is 71.6 Å². The zero-order valence-corrected chi connectivity index (χ0v) is 20.3. The summed E-state index contributed by atoms with van der Waals surface area (Å²) in [5.74, 6) is 0.728. The first-order chi connectivity index (χ1) is 13.8. The number of hydrogen-bond acceptors (Lipinski definition) is 5. The smallest absolute Gasteiger partial charge is 0.305 e. The molecule has 1 heterocycles. The van der Waals surface area contributed by atoms with Crippen LogP contribution in [0.3, 0.4) is 0 Å². The molecule has 1 saturated heterocycles. The van der Waals surface area contributed by atoms with Gasteiger partial charge in [-0.25, -0.2) is 0 Å². The van der Waals surface area contributed by atoms with Gasteiger partial charge in [-0.05, 0) is 37.5 Å². The third kappa shape index (κ3) is 7.78. The predicted octanol–water partition coefficient (Wildman–Crippen LogP) is 4.42. The minimum atomic E-state index is -0.443. The molecule has 2 unspecified atom stereocenters. The molecule has 0 radical (unpaired) electrons. The van der Waals surface area contributed by atoms with Gasteiger partial charge in [0.05, 0.1) is 31.5 Å². The molecule has 1 aliphatic heterocycles. The van der Waals surface area contributed by atoms with Crippen molar-refractivity contribution in [2.75, 3.05) is 7.11 Å². The van der Waals surface area contributed by atoms with Crippen LogP contribution in [0.5, 0.6) is 0 Å². The van der Waals surface area contributed by atoms with Gasteiger partial charge < -0.3 is 19.7 Å². The van der Waals surface area contributed by atoms with E-state index in [-0.39, 0.29) is 30.2 Å². The molecule has 5 nitrogen and oxygen atoms in total. The van der Waals surface area contributed by atoms with E-state index in [0.717, 1.165) is 32.1 Å². The highest BCUT2D eigenvalue weighted by Gasteiger charge is 2.49. The molecule has 1 saturated carbocycles. The number of unbranched alkanes of at least 4 members (excludes halogenated alkanes) is 1. The van der Waals surface area contributed by atoms with Crippen molar-refractivity contribution < 1.29 is 24.5 Å². The molecule has 0 aromatic rings. The lowest BCUT2D eigenvalue weighted by atomic mass is 9.88. The van der Waals surface area contributed by atoms with Crippen LogP contribution >= 0.6 is 22.6 Å². The van der Waals surface area contributed by atoms with Crippen LogP contribution in [-0.2, 0) is 14.3 Å². The Hall–Kier alpha value is -0.180. The van der Waals surface area contributed by atoms with Crippen LogP contribution in [0.15, 0.2) is 12.2 Å². The van der Waals surface area contributed by atoms with Gasteiger partial charge in [0.25, 0.3) is 0 Å². The van der Waals surface area contributed by atoms with E-state index >= 15 is 0 Å². The molecule has 0 aromatic heterocycles. The van der Waals surface area contributed by atoms with Crippen LogP contribution in [0.25, 0.3) is 0 Å². The maximum absolute atomic E-state index is 11.3. The fourth-order valence-corrected chi connectivity index (χ4v) is 5.67. The second-order valence-corrected chi connectivity index (χ2v) is 10.5. The fourth-order valence-electron chi connectivity index (χ4n) is 4.77. The van der Waals surface area contributed by atoms with Crippen LogP contribution in [0, 0.1) is 17.8 Å². The van der Waals surface area contributed by atoms with Crippen LogP contribution in [-0.4, -0.2) is 51.6 Å². The zero-order valence-electron chi connectivity index (χ0n) is 18.1. The second-order valence-electron chi connectivity index (χ2n) is 8.91. The Balaban J connectivity index is 1.81. The summed E-state index contributed by atoms with van der Waals surface area (Å²) in [6, 6.07) is 0. The van der Waals surface area contributed by atoms with Crippen LogP contribution in [0.2, 0.25) is 0 Å². The Morgan fingerprint density at radius 1 is 1.31 bits per heavy atom. The summed E-state index contributed by atoms with van der Waals surface area (Å²) >= 11 is 2.43. The summed E-state index contributed by atoms with van der Waals surface area (Å²) in [5, 5.41) is 20.9. The van der Waals surface area contributed by atoms with E-state index in [0.29, 0.717) is 28.6 Å². The molecule has 8 atom stereocenters. The van der Waals surface area contributed by atoms with Crippen molar-refractivity contribution in [3.05, 3.63) is 12.2 Å². The number of carbonyl (C=O) groups is 1. The average Bonchev–Trinajstić information content (AvgIpc) is 3.21. The lowest BCUT2D eigenvalue weighted by Crippen LogP contribution is -2.24. The van der Waals surface area contributed by atoms with Crippen molar-refractivity contribution in [1.82, 2.24) is 0 Å². The van der Waals surface area contributed by atoms with E-state index in [2.05, 4.69) is 36.4 Å². The number of ether oxygens (including phenoxy) is 2. The molecule has 6 heteroatoms. The molecule has 0 spiro atoms. The normalized spacial score (nSPS) is 32.3. The van der Waals surface area contributed by atoms with Crippen molar-refractivity contribution in [3.8, 4) is 0 Å². The van der Waals surface area contributed by atoms with Crippen molar-refractivity contribution in [2.45, 2.75) is 100.0 Å². The molecular formula is C23H39IO5. The number of methoxy groups -OCH3 is 1. The second kappa shape index (κ2) is 12.6. The number of halogens is 1. The first-order valence-corrected chi connectivity index (χ1v) is 12.5. The SMILES string of the molecule is CCCC[C@H](C)C[C@H](O)/C=C/[C@@H]1[C@H]2CC(C(I)CCCC(=O)OC)O[C@@H]2C[C@H]1O. The molecular weight excluding hydrogens is 483 g/mol. The molecule has 0 amide bonds. The highest BCUT2D eigenvalue weighted by atomic mass is 127. The van der Waals surface area contributed by atoms with Crippen LogP contribution in [0.4, 0.5) is 0 Å². The first kappa shape index (κ1) is 25.1. The molecule has 1 aliphatic carbocycles. The topological polar surface area (TPSA) is 76.0 Å². The lowest BCUT2D eigenvalue weighted by Gasteiger charge is -2.21. The fraction of sp³-hybridized carbons (Fsp3) is 0.870. The summed E-state index contributed by atoms with van der Waals surface area (Å²) in [6.07, 6.45) is 11.5. The third-order valence-electron chi connectivity index (χ3n) is 6.49. The maximum atomic E-state index is 11.3. The van der Waals surface area contributed by atoms with Crippen LogP contribution < -0.4 is 0 Å². The van der Waals surface area contributed by atoms with Gasteiger partial charge in [0, 0.05) is 22.7 Å². The van der Waals surface area contributed by atoms with Gasteiger partial charge in [0.2, 0.25) is 0 Å². The molecule has 2 N–H and O–H groups in total. The number of rotatable bonds is 12. The Morgan fingerprint density at radius 3 is 2.76 bits per heavy atom. The van der Waals surface area contributed by atoms with E-state index in [1.807, 2.05) is 12.2 Å². The largest absolute Gasteiger partial charge is 0.469 e. The van der Waals surface area contributed by atoms with Gasteiger partial charge in [0.1, 0.15) is 0 Å². The number of alkyl halides is 1. The molecule has 2 rings (SSSR count). The first-order valence-electron chi connectivity index (χ1n) is 11.3. The highest BCUT2D eigenvalue weighted by Crippen LogP contribution is 2.46. The third-order valence-corrected chi connectivity index (χ3v) is 7.91. The number of esters is 1. The Bertz CT molecular complexity index is 525. The Kier molecular flexibility index (Phi) is 10.9. The number of carbonyl (C=O) groups excluding carboxylic acids is 1. The lowest BCUT2D eigenvalue weighted by molar-refractivity contribution is -0.140. The van der Waals surface area contributed by atoms with Crippen molar-refractivity contribution in [3.63, 3.8) is 0 Å². The molecule has 2 aliphatic rings. The molecule has 2 fully saturated rings. The monoisotopic (exact) mass is 522 g/mol. The molecule has 0 bridgehead atoms. The maximum Gasteiger partial charge on any atom is 0.305 e. The summed E-state index contributed by atoms with van der Waals surface area (Å²) < 4.78 is 11.3. The standard InChI is InChI=1S/C23H39IO5/c1-4-5-7-15(2)12-16(25)10-11-17-18-13-22(29-21(18)14-20(17)26)19(24)8-6-9-23(27)28-3/h10-11,15-22,25-26H,4-9,12-14H2,1-3H3/b11-10+/t15-,16+,17+,18+,19?,20+,21+,22?/m0/s1. The Morgan fingerprint density at radius 2 is 2.07 bits per heavy atom. The quantitative estimate of drug-likeness (QED) is 0.172. The summed E-state index contributed by atoms with van der Waals surface area (Å²) in [6.45, 7) is 4.39. The molecule has 29 heavy (non-hydrogen) atoms. The summed E-state index contributed by atoms with van der Waals surface area (Å²) in [4.78, 5) is 11.3. The van der Waals surface area contributed by atoms with Gasteiger partial charge in [-0.3, -0.25) is 4.79 Å². The minimum Gasteiger partial charge on any atom is -0.469 e. The summed E-state index contributed by atoms with van der Waals surface area (Å²) in [7, 11) is 1.42. The van der Waals surface area contributed by atoms with Gasteiger partial charge >= 0.3 is 5.97 Å². The summed E-state index contributed by atoms with van der Waals surface area (Å²) in [5.41, 5.74) is 0. The minimum absolute atomic E-state index is 0.0595. The van der Waals surface area contributed by atoms with Crippen molar-refractivity contribution >= 4 is 28.6 Å². The molecule has 168 valence electrons. The van der Waals surface area contributed by atoms with Crippen molar-refractivity contribution in [2.24, 2.45) is 17.8 Å². The van der Waals surface area contributed by atoms with Gasteiger partial charge in [0.15, 0.2) is 0 Å². The predicted molar refractivity (Wildman–Crippen MR) is 123 cm³/mol.